The summed E-state index contributed by atoms with van der Waals surface area (Å²) in [5, 5.41) is 19.7. The van der Waals surface area contributed by atoms with Gasteiger partial charge in [-0.1, -0.05) is 12.1 Å². The third-order valence-corrected chi connectivity index (χ3v) is 2.65. The highest BCUT2D eigenvalue weighted by Crippen LogP contribution is 2.08. The highest BCUT2D eigenvalue weighted by atomic mass is 16.3. The number of aromatic nitrogens is 3. The average molecular weight is 240 g/mol. The van der Waals surface area contributed by atoms with E-state index in [1.54, 1.807) is 13.1 Å². The van der Waals surface area contributed by atoms with Gasteiger partial charge in [-0.05, 0) is 27.2 Å². The van der Waals surface area contributed by atoms with E-state index in [1.165, 1.54) is 4.68 Å². The van der Waals surface area contributed by atoms with E-state index in [2.05, 4.69) is 15.6 Å². The largest absolute Gasteiger partial charge is 0.387 e. The van der Waals surface area contributed by atoms with Crippen LogP contribution in [0.25, 0.3) is 0 Å². The summed E-state index contributed by atoms with van der Waals surface area (Å²) < 4.78 is 1.42. The number of amides is 1. The summed E-state index contributed by atoms with van der Waals surface area (Å²) in [4.78, 5) is 11.7. The van der Waals surface area contributed by atoms with Crippen LogP contribution in [-0.4, -0.2) is 31.5 Å². The third-order valence-electron chi connectivity index (χ3n) is 2.65. The first-order valence-corrected chi connectivity index (χ1v) is 5.73. The van der Waals surface area contributed by atoms with Crippen LogP contribution in [0.3, 0.4) is 0 Å². The van der Waals surface area contributed by atoms with Gasteiger partial charge >= 0.3 is 0 Å². The highest BCUT2D eigenvalue weighted by Gasteiger charge is 2.18. The van der Waals surface area contributed by atoms with Gasteiger partial charge in [0, 0.05) is 5.54 Å². The Morgan fingerprint density at radius 2 is 2.29 bits per heavy atom. The molecule has 1 unspecified atom stereocenters. The Hall–Kier alpha value is -1.43. The van der Waals surface area contributed by atoms with Gasteiger partial charge in [-0.15, -0.1) is 5.10 Å². The molecule has 1 aromatic heterocycles. The minimum atomic E-state index is -0.668. The summed E-state index contributed by atoms with van der Waals surface area (Å²) >= 11 is 0. The molecule has 0 aromatic carbocycles. The fraction of sp³-hybridized carbons (Fsp3) is 0.727. The van der Waals surface area contributed by atoms with Crippen LogP contribution in [0.4, 0.5) is 0 Å². The van der Waals surface area contributed by atoms with Gasteiger partial charge in [0.05, 0.1) is 12.3 Å². The van der Waals surface area contributed by atoms with Crippen molar-refractivity contribution in [1.82, 2.24) is 20.3 Å². The Labute approximate surface area is 101 Å². The van der Waals surface area contributed by atoms with E-state index < -0.39 is 6.10 Å². The molecule has 0 saturated carbocycles. The third kappa shape index (κ3) is 4.14. The van der Waals surface area contributed by atoms with Crippen LogP contribution in [-0.2, 0) is 11.3 Å². The molecular formula is C11H20N4O2. The molecule has 0 saturated heterocycles. The van der Waals surface area contributed by atoms with E-state index in [0.717, 1.165) is 6.42 Å². The molecule has 6 heteroatoms. The maximum absolute atomic E-state index is 11.7. The lowest BCUT2D eigenvalue weighted by molar-refractivity contribution is -0.123. The predicted octanol–water partition coefficient (Wildman–Crippen LogP) is 0.636. The molecule has 1 atom stereocenters. The second-order valence-corrected chi connectivity index (χ2v) is 4.80. The second kappa shape index (κ2) is 5.27. The van der Waals surface area contributed by atoms with Crippen molar-refractivity contribution in [3.63, 3.8) is 0 Å². The van der Waals surface area contributed by atoms with E-state index in [4.69, 9.17) is 0 Å². The fourth-order valence-corrected chi connectivity index (χ4v) is 1.23. The summed E-state index contributed by atoms with van der Waals surface area (Å²) in [5.74, 6) is -0.112. The molecule has 0 aliphatic carbocycles. The van der Waals surface area contributed by atoms with Gasteiger partial charge in [-0.3, -0.25) is 4.79 Å². The van der Waals surface area contributed by atoms with Crippen molar-refractivity contribution in [3.05, 3.63) is 11.9 Å². The fourth-order valence-electron chi connectivity index (χ4n) is 1.23. The minimum Gasteiger partial charge on any atom is -0.387 e. The maximum atomic E-state index is 11.7. The van der Waals surface area contributed by atoms with Gasteiger partial charge in [0.1, 0.15) is 12.2 Å². The SMILES string of the molecule is CCC(C)(C)NC(=O)Cn1cc(C(C)O)nn1. The van der Waals surface area contributed by atoms with Crippen molar-refractivity contribution >= 4 is 5.91 Å². The number of aliphatic hydroxyl groups excluding tert-OH is 1. The number of aliphatic hydroxyl groups is 1. The van der Waals surface area contributed by atoms with E-state index in [-0.39, 0.29) is 18.0 Å². The van der Waals surface area contributed by atoms with Crippen molar-refractivity contribution in [2.45, 2.75) is 52.3 Å². The molecule has 0 aliphatic rings. The van der Waals surface area contributed by atoms with Crippen molar-refractivity contribution in [3.8, 4) is 0 Å². The van der Waals surface area contributed by atoms with Crippen molar-refractivity contribution in [2.24, 2.45) is 0 Å². The normalized spacial score (nSPS) is 13.5. The first kappa shape index (κ1) is 13.6. The Kier molecular flexibility index (Phi) is 4.22. The molecule has 6 nitrogen and oxygen atoms in total. The molecule has 1 heterocycles. The van der Waals surface area contributed by atoms with Gasteiger partial charge in [-0.25, -0.2) is 4.68 Å². The summed E-state index contributed by atoms with van der Waals surface area (Å²) in [5.41, 5.74) is 0.248. The van der Waals surface area contributed by atoms with E-state index in [0.29, 0.717) is 5.69 Å². The Morgan fingerprint density at radius 1 is 1.65 bits per heavy atom. The van der Waals surface area contributed by atoms with Crippen LogP contribution < -0.4 is 5.32 Å². The number of rotatable bonds is 5. The molecule has 17 heavy (non-hydrogen) atoms. The zero-order chi connectivity index (χ0) is 13.1. The summed E-state index contributed by atoms with van der Waals surface area (Å²) in [7, 11) is 0. The zero-order valence-corrected chi connectivity index (χ0v) is 10.8. The molecule has 96 valence electrons. The monoisotopic (exact) mass is 240 g/mol. The summed E-state index contributed by atoms with van der Waals surface area (Å²) in [6.45, 7) is 7.67. The number of hydrogen-bond acceptors (Lipinski definition) is 4. The Balaban J connectivity index is 2.56. The predicted molar refractivity (Wildman–Crippen MR) is 63.2 cm³/mol. The number of nitrogens with zero attached hydrogens (tertiary/aromatic N) is 3. The standard InChI is InChI=1S/C11H20N4O2/c1-5-11(3,4)12-10(17)7-15-6-9(8(2)16)13-14-15/h6,8,16H,5,7H2,1-4H3,(H,12,17). The number of nitrogens with one attached hydrogen (secondary N) is 1. The smallest absolute Gasteiger partial charge is 0.242 e. The van der Waals surface area contributed by atoms with E-state index in [9.17, 15) is 9.90 Å². The molecule has 0 spiro atoms. The number of hydrogen-bond donors (Lipinski definition) is 2. The van der Waals surface area contributed by atoms with Crippen LogP contribution in [0.2, 0.25) is 0 Å². The molecule has 0 fully saturated rings. The lowest BCUT2D eigenvalue weighted by Gasteiger charge is -2.24. The summed E-state index contributed by atoms with van der Waals surface area (Å²) in [6, 6.07) is 0. The van der Waals surface area contributed by atoms with Gasteiger partial charge in [0.25, 0.3) is 0 Å². The lowest BCUT2D eigenvalue weighted by atomic mass is 10.0. The lowest BCUT2D eigenvalue weighted by Crippen LogP contribution is -2.44. The molecular weight excluding hydrogens is 220 g/mol. The van der Waals surface area contributed by atoms with Gasteiger partial charge in [0.2, 0.25) is 5.91 Å². The molecule has 1 rings (SSSR count). The van der Waals surface area contributed by atoms with Crippen LogP contribution in [0.1, 0.15) is 45.9 Å². The second-order valence-electron chi connectivity index (χ2n) is 4.80. The molecule has 1 aromatic rings. The summed E-state index contributed by atoms with van der Waals surface area (Å²) in [6.07, 6.45) is 1.76. The van der Waals surface area contributed by atoms with Crippen molar-refractivity contribution in [2.75, 3.05) is 0 Å². The van der Waals surface area contributed by atoms with Gasteiger partial charge in [0.15, 0.2) is 0 Å². The Bertz CT molecular complexity index is 385. The molecule has 0 aliphatic heterocycles. The molecule has 0 radical (unpaired) electrons. The number of carbonyl (C=O) groups excluding carboxylic acids is 1. The van der Waals surface area contributed by atoms with Gasteiger partial charge in [-0.2, -0.15) is 0 Å². The maximum Gasteiger partial charge on any atom is 0.242 e. The topological polar surface area (TPSA) is 80.0 Å². The molecule has 2 N–H and O–H groups in total. The van der Waals surface area contributed by atoms with Crippen molar-refractivity contribution in [1.29, 1.82) is 0 Å². The number of carbonyl (C=O) groups is 1. The van der Waals surface area contributed by atoms with Crippen LogP contribution in [0, 0.1) is 0 Å². The molecule has 1 amide bonds. The zero-order valence-electron chi connectivity index (χ0n) is 10.8. The van der Waals surface area contributed by atoms with Gasteiger partial charge < -0.3 is 10.4 Å². The van der Waals surface area contributed by atoms with Crippen LogP contribution in [0.5, 0.6) is 0 Å². The minimum absolute atomic E-state index is 0.112. The van der Waals surface area contributed by atoms with Crippen LogP contribution >= 0.6 is 0 Å². The van der Waals surface area contributed by atoms with E-state index in [1.807, 2.05) is 20.8 Å². The Morgan fingerprint density at radius 3 is 2.76 bits per heavy atom. The first-order chi connectivity index (χ1) is 7.84. The quantitative estimate of drug-likeness (QED) is 0.791. The van der Waals surface area contributed by atoms with E-state index >= 15 is 0 Å². The van der Waals surface area contributed by atoms with Crippen LogP contribution in [0.15, 0.2) is 6.20 Å². The highest BCUT2D eigenvalue weighted by molar-refractivity contribution is 5.76. The average Bonchev–Trinajstić information content (AvgIpc) is 2.65. The van der Waals surface area contributed by atoms with Crippen molar-refractivity contribution < 1.29 is 9.90 Å². The molecule has 0 bridgehead atoms. The first-order valence-electron chi connectivity index (χ1n) is 5.73.